The van der Waals surface area contributed by atoms with Gasteiger partial charge in [-0.05, 0) is 34.1 Å². The number of ketones is 1. The van der Waals surface area contributed by atoms with Crippen LogP contribution in [0.3, 0.4) is 0 Å². The Morgan fingerprint density at radius 2 is 2.23 bits per heavy atom. The molecule has 0 saturated heterocycles. The Kier molecular flexibility index (Phi) is 3.39. The van der Waals surface area contributed by atoms with Crippen LogP contribution in [0.4, 0.5) is 0 Å². The minimum atomic E-state index is -1.44. The van der Waals surface area contributed by atoms with Crippen LogP contribution in [0.5, 0.6) is 0 Å². The molecule has 0 spiro atoms. The van der Waals surface area contributed by atoms with Gasteiger partial charge < -0.3 is 5.11 Å². The molecule has 0 saturated carbocycles. The van der Waals surface area contributed by atoms with Gasteiger partial charge in [0.05, 0.1) is 0 Å². The summed E-state index contributed by atoms with van der Waals surface area (Å²) in [7, 11) is 0. The maximum absolute atomic E-state index is 10.6. The number of rotatable bonds is 3. The fourth-order valence-corrected chi connectivity index (χ4v) is 1.98. The van der Waals surface area contributed by atoms with Gasteiger partial charge in [-0.1, -0.05) is 0 Å². The van der Waals surface area contributed by atoms with E-state index in [0.717, 1.165) is 15.4 Å². The number of hydrogen-bond donors (Lipinski definition) is 1. The van der Waals surface area contributed by atoms with Crippen molar-refractivity contribution >= 4 is 45.1 Å². The summed E-state index contributed by atoms with van der Waals surface area (Å²) < 4.78 is 0.917. The number of thiophene rings is 1. The molecule has 1 N–H and O–H groups in total. The van der Waals surface area contributed by atoms with Gasteiger partial charge in [0, 0.05) is 14.7 Å². The molecule has 0 atom stereocenters. The second-order valence-electron chi connectivity index (χ2n) is 2.17. The van der Waals surface area contributed by atoms with Crippen molar-refractivity contribution in [2.24, 2.45) is 0 Å². The average molecular weight is 261 g/mol. The van der Waals surface area contributed by atoms with Crippen molar-refractivity contribution < 1.29 is 14.7 Å². The fraction of sp³-hybridized carbons (Fsp3) is 0. The molecule has 13 heavy (non-hydrogen) atoms. The lowest BCUT2D eigenvalue weighted by atomic mass is 10.3. The van der Waals surface area contributed by atoms with Gasteiger partial charge in [-0.2, -0.15) is 0 Å². The smallest absolute Gasteiger partial charge is 0.376 e. The van der Waals surface area contributed by atoms with E-state index in [0.29, 0.717) is 0 Å². The van der Waals surface area contributed by atoms with Crippen LogP contribution in [0.1, 0.15) is 4.88 Å². The Labute approximate surface area is 86.8 Å². The average Bonchev–Trinajstić information content (AvgIpc) is 2.47. The zero-order valence-corrected chi connectivity index (χ0v) is 8.76. The molecule has 0 amide bonds. The van der Waals surface area contributed by atoms with Gasteiger partial charge in [0.25, 0.3) is 5.78 Å². The van der Waals surface area contributed by atoms with Gasteiger partial charge in [-0.3, -0.25) is 4.79 Å². The van der Waals surface area contributed by atoms with Gasteiger partial charge in [-0.15, -0.1) is 11.3 Å². The van der Waals surface area contributed by atoms with E-state index in [1.165, 1.54) is 17.4 Å². The first-order valence-corrected chi connectivity index (χ1v) is 4.96. The Morgan fingerprint density at radius 1 is 1.54 bits per heavy atom. The third-order valence-electron chi connectivity index (χ3n) is 1.20. The molecule has 1 aromatic heterocycles. The van der Waals surface area contributed by atoms with E-state index in [1.807, 2.05) is 5.38 Å². The van der Waals surface area contributed by atoms with E-state index in [-0.39, 0.29) is 0 Å². The lowest BCUT2D eigenvalue weighted by Crippen LogP contribution is -2.08. The molecule has 0 aliphatic heterocycles. The predicted octanol–water partition coefficient (Wildman–Crippen LogP) is 2.18. The number of carboxylic acid groups (broad SMARTS) is 1. The number of carbonyl (C=O) groups excluding carboxylic acids is 1. The van der Waals surface area contributed by atoms with Crippen molar-refractivity contribution in [3.05, 3.63) is 26.9 Å². The van der Waals surface area contributed by atoms with E-state index in [1.54, 1.807) is 6.07 Å². The first-order valence-electron chi connectivity index (χ1n) is 3.29. The minimum absolute atomic E-state index is 0.835. The number of hydrogen-bond acceptors (Lipinski definition) is 3. The number of halogens is 1. The summed E-state index contributed by atoms with van der Waals surface area (Å²) in [5.74, 6) is -2.35. The maximum Gasteiger partial charge on any atom is 0.376 e. The van der Waals surface area contributed by atoms with Crippen LogP contribution >= 0.6 is 27.3 Å². The van der Waals surface area contributed by atoms with Crippen LogP contribution in [-0.2, 0) is 9.59 Å². The summed E-state index contributed by atoms with van der Waals surface area (Å²) in [6, 6.07) is 1.80. The highest BCUT2D eigenvalue weighted by Crippen LogP contribution is 2.20. The highest BCUT2D eigenvalue weighted by atomic mass is 79.9. The third kappa shape index (κ3) is 3.12. The topological polar surface area (TPSA) is 54.4 Å². The molecule has 0 aromatic carbocycles. The SMILES string of the molecule is O=C(O)C(=O)C=Cc1cc(Br)cs1. The molecular formula is C8H5BrO3S. The van der Waals surface area contributed by atoms with E-state index in [4.69, 9.17) is 5.11 Å². The molecular weight excluding hydrogens is 256 g/mol. The summed E-state index contributed by atoms with van der Waals surface area (Å²) in [5.41, 5.74) is 0. The van der Waals surface area contributed by atoms with Crippen molar-refractivity contribution in [1.29, 1.82) is 0 Å². The van der Waals surface area contributed by atoms with Crippen molar-refractivity contribution in [1.82, 2.24) is 0 Å². The molecule has 0 bridgehead atoms. The molecule has 5 heteroatoms. The molecule has 1 heterocycles. The van der Waals surface area contributed by atoms with Crippen LogP contribution in [0.2, 0.25) is 0 Å². The van der Waals surface area contributed by atoms with Gasteiger partial charge in [0.2, 0.25) is 0 Å². The van der Waals surface area contributed by atoms with E-state index >= 15 is 0 Å². The third-order valence-corrected chi connectivity index (χ3v) is 2.86. The second-order valence-corrected chi connectivity index (χ2v) is 4.03. The van der Waals surface area contributed by atoms with Crippen LogP contribution in [0.25, 0.3) is 6.08 Å². The molecule has 0 aliphatic carbocycles. The minimum Gasteiger partial charge on any atom is -0.475 e. The zero-order chi connectivity index (χ0) is 9.84. The molecule has 0 fully saturated rings. The highest BCUT2D eigenvalue weighted by molar-refractivity contribution is 9.10. The largest absolute Gasteiger partial charge is 0.475 e. The molecule has 0 aliphatic rings. The summed E-state index contributed by atoms with van der Waals surface area (Å²) >= 11 is 4.67. The van der Waals surface area contributed by atoms with Crippen molar-refractivity contribution in [2.45, 2.75) is 0 Å². The number of carbonyl (C=O) groups is 2. The predicted molar refractivity (Wildman–Crippen MR) is 53.7 cm³/mol. The first-order chi connectivity index (χ1) is 6.09. The maximum atomic E-state index is 10.6. The normalized spacial score (nSPS) is 10.5. The van der Waals surface area contributed by atoms with Crippen LogP contribution in [0.15, 0.2) is 22.0 Å². The van der Waals surface area contributed by atoms with Gasteiger partial charge >= 0.3 is 5.97 Å². The van der Waals surface area contributed by atoms with Crippen molar-refractivity contribution in [3.63, 3.8) is 0 Å². The van der Waals surface area contributed by atoms with Gasteiger partial charge in [0.1, 0.15) is 0 Å². The van der Waals surface area contributed by atoms with Crippen molar-refractivity contribution in [3.8, 4) is 0 Å². The van der Waals surface area contributed by atoms with E-state index < -0.39 is 11.8 Å². The summed E-state index contributed by atoms with van der Waals surface area (Å²) in [6.45, 7) is 0. The number of aliphatic carboxylic acids is 1. The summed E-state index contributed by atoms with van der Waals surface area (Å²) in [6.07, 6.45) is 2.52. The molecule has 0 unspecified atom stereocenters. The summed E-state index contributed by atoms with van der Waals surface area (Å²) in [4.78, 5) is 21.6. The van der Waals surface area contributed by atoms with Crippen LogP contribution < -0.4 is 0 Å². The summed E-state index contributed by atoms with van der Waals surface area (Å²) in [5, 5.41) is 10.1. The zero-order valence-electron chi connectivity index (χ0n) is 6.36. The molecule has 1 aromatic rings. The van der Waals surface area contributed by atoms with Gasteiger partial charge in [-0.25, -0.2) is 4.79 Å². The van der Waals surface area contributed by atoms with Crippen molar-refractivity contribution in [2.75, 3.05) is 0 Å². The fourth-order valence-electron chi connectivity index (χ4n) is 0.645. The Balaban J connectivity index is 2.69. The lowest BCUT2D eigenvalue weighted by Gasteiger charge is -1.83. The number of carboxylic acids is 1. The Hall–Kier alpha value is -0.940. The van der Waals surface area contributed by atoms with E-state index in [2.05, 4.69) is 15.9 Å². The molecule has 1 rings (SSSR count). The second kappa shape index (κ2) is 4.34. The molecule has 3 nitrogen and oxygen atoms in total. The lowest BCUT2D eigenvalue weighted by molar-refractivity contribution is -0.146. The van der Waals surface area contributed by atoms with Crippen LogP contribution in [0, 0.1) is 0 Å². The standard InChI is InChI=1S/C8H5BrO3S/c9-5-3-6(13-4-5)1-2-7(10)8(11)12/h1-4H,(H,11,12). The first kappa shape index (κ1) is 10.1. The quantitative estimate of drug-likeness (QED) is 0.670. The molecule has 68 valence electrons. The van der Waals surface area contributed by atoms with Gasteiger partial charge in [0.15, 0.2) is 0 Å². The monoisotopic (exact) mass is 260 g/mol. The van der Waals surface area contributed by atoms with Crippen LogP contribution in [-0.4, -0.2) is 16.9 Å². The van der Waals surface area contributed by atoms with E-state index in [9.17, 15) is 9.59 Å². The molecule has 0 radical (unpaired) electrons. The Morgan fingerprint density at radius 3 is 2.69 bits per heavy atom. The Bertz CT molecular complexity index is 367. The highest BCUT2D eigenvalue weighted by Gasteiger charge is 2.05.